The zero-order valence-corrected chi connectivity index (χ0v) is 15.7. The second kappa shape index (κ2) is 8.94. The number of rotatable bonds is 6. The molecule has 1 aliphatic rings. The van der Waals surface area contributed by atoms with Crippen molar-refractivity contribution in [1.29, 1.82) is 0 Å². The number of benzene rings is 2. The summed E-state index contributed by atoms with van der Waals surface area (Å²) in [7, 11) is 0. The van der Waals surface area contributed by atoms with Gasteiger partial charge in [0.1, 0.15) is 11.6 Å². The number of hydrogen-bond acceptors (Lipinski definition) is 4. The van der Waals surface area contributed by atoms with E-state index in [4.69, 9.17) is 4.74 Å². The number of ether oxygens (including phenoxy) is 1. The summed E-state index contributed by atoms with van der Waals surface area (Å²) in [5.74, 6) is 1.13. The van der Waals surface area contributed by atoms with Gasteiger partial charge in [-0.15, -0.1) is 11.8 Å². The molecular formula is C20H23FN2O2S. The number of carbonyl (C=O) groups excluding carboxylic acids is 1. The summed E-state index contributed by atoms with van der Waals surface area (Å²) in [5.41, 5.74) is 1.09. The quantitative estimate of drug-likeness (QED) is 0.723. The molecule has 0 aliphatic carbocycles. The van der Waals surface area contributed by atoms with Gasteiger partial charge in [-0.3, -0.25) is 4.79 Å². The molecule has 0 saturated carbocycles. The first-order valence-electron chi connectivity index (χ1n) is 8.80. The first-order valence-corrected chi connectivity index (χ1v) is 9.79. The fourth-order valence-electron chi connectivity index (χ4n) is 2.96. The van der Waals surface area contributed by atoms with E-state index in [1.165, 1.54) is 23.9 Å². The molecule has 1 saturated heterocycles. The Bertz CT molecular complexity index is 731. The molecule has 0 bridgehead atoms. The fraction of sp³-hybridized carbons (Fsp3) is 0.350. The minimum Gasteiger partial charge on any atom is -0.492 e. The van der Waals surface area contributed by atoms with Crippen molar-refractivity contribution >= 4 is 23.4 Å². The Balaban J connectivity index is 1.51. The number of amides is 1. The van der Waals surface area contributed by atoms with Gasteiger partial charge in [-0.1, -0.05) is 12.1 Å². The molecule has 138 valence electrons. The molecular weight excluding hydrogens is 351 g/mol. The number of halogens is 1. The lowest BCUT2D eigenvalue weighted by atomic mass is 10.2. The lowest BCUT2D eigenvalue weighted by Crippen LogP contribution is -2.49. The summed E-state index contributed by atoms with van der Waals surface area (Å²) < 4.78 is 18.6. The third kappa shape index (κ3) is 4.69. The Morgan fingerprint density at radius 1 is 1.08 bits per heavy atom. The van der Waals surface area contributed by atoms with Crippen molar-refractivity contribution in [2.45, 2.75) is 11.8 Å². The largest absolute Gasteiger partial charge is 0.492 e. The zero-order chi connectivity index (χ0) is 18.4. The zero-order valence-electron chi connectivity index (χ0n) is 14.9. The highest BCUT2D eigenvalue weighted by Crippen LogP contribution is 2.29. The standard InChI is InChI=1S/C20H23FN2O2S/c1-2-25-19-6-4-3-5-18(19)22-11-13-23(14-12-22)20(24)15-26-17-9-7-16(21)8-10-17/h3-10H,2,11-15H2,1H3. The van der Waals surface area contributed by atoms with Crippen LogP contribution in [0, 0.1) is 5.82 Å². The molecule has 4 nitrogen and oxygen atoms in total. The van der Waals surface area contributed by atoms with Crippen LogP contribution in [0.3, 0.4) is 0 Å². The first kappa shape index (κ1) is 18.6. The molecule has 1 amide bonds. The molecule has 2 aromatic carbocycles. The number of hydrogen-bond donors (Lipinski definition) is 0. The molecule has 26 heavy (non-hydrogen) atoms. The topological polar surface area (TPSA) is 32.8 Å². The minimum absolute atomic E-state index is 0.122. The van der Waals surface area contributed by atoms with E-state index >= 15 is 0 Å². The normalized spacial score (nSPS) is 14.4. The molecule has 1 heterocycles. The van der Waals surface area contributed by atoms with E-state index in [9.17, 15) is 9.18 Å². The van der Waals surface area contributed by atoms with Crippen LogP contribution < -0.4 is 9.64 Å². The molecule has 0 radical (unpaired) electrons. The Hall–Kier alpha value is -2.21. The van der Waals surface area contributed by atoms with E-state index in [1.54, 1.807) is 12.1 Å². The maximum absolute atomic E-state index is 12.9. The third-order valence-corrected chi connectivity index (χ3v) is 5.31. The third-order valence-electron chi connectivity index (χ3n) is 4.31. The van der Waals surface area contributed by atoms with Gasteiger partial charge >= 0.3 is 0 Å². The van der Waals surface area contributed by atoms with E-state index in [1.807, 2.05) is 30.0 Å². The van der Waals surface area contributed by atoms with Gasteiger partial charge in [0.15, 0.2) is 0 Å². The van der Waals surface area contributed by atoms with Crippen molar-refractivity contribution in [3.63, 3.8) is 0 Å². The summed E-state index contributed by atoms with van der Waals surface area (Å²) in [6.45, 7) is 5.59. The number of piperazine rings is 1. The maximum Gasteiger partial charge on any atom is 0.233 e. The van der Waals surface area contributed by atoms with Gasteiger partial charge in [0.25, 0.3) is 0 Å². The molecule has 0 unspecified atom stereocenters. The molecule has 1 fully saturated rings. The van der Waals surface area contributed by atoms with Crippen LogP contribution in [-0.4, -0.2) is 49.3 Å². The number of carbonyl (C=O) groups is 1. The van der Waals surface area contributed by atoms with Crippen molar-refractivity contribution in [3.8, 4) is 5.75 Å². The van der Waals surface area contributed by atoms with Crippen molar-refractivity contribution in [3.05, 3.63) is 54.3 Å². The van der Waals surface area contributed by atoms with Gasteiger partial charge in [-0.25, -0.2) is 4.39 Å². The maximum atomic E-state index is 12.9. The number of para-hydroxylation sites is 2. The summed E-state index contributed by atoms with van der Waals surface area (Å²) in [6, 6.07) is 14.3. The van der Waals surface area contributed by atoms with Gasteiger partial charge in [-0.2, -0.15) is 0 Å². The molecule has 0 N–H and O–H groups in total. The molecule has 6 heteroatoms. The van der Waals surface area contributed by atoms with Crippen LogP contribution >= 0.6 is 11.8 Å². The van der Waals surface area contributed by atoms with Gasteiger partial charge in [0, 0.05) is 31.1 Å². The van der Waals surface area contributed by atoms with E-state index in [2.05, 4.69) is 11.0 Å². The second-order valence-corrected chi connectivity index (χ2v) is 7.06. The number of thioether (sulfide) groups is 1. The molecule has 0 atom stereocenters. The lowest BCUT2D eigenvalue weighted by Gasteiger charge is -2.36. The average molecular weight is 374 g/mol. The van der Waals surface area contributed by atoms with Crippen molar-refractivity contribution < 1.29 is 13.9 Å². The van der Waals surface area contributed by atoms with Crippen molar-refractivity contribution in [2.75, 3.05) is 43.4 Å². The van der Waals surface area contributed by atoms with Gasteiger partial charge < -0.3 is 14.5 Å². The summed E-state index contributed by atoms with van der Waals surface area (Å²) in [4.78, 5) is 17.5. The minimum atomic E-state index is -0.260. The highest BCUT2D eigenvalue weighted by molar-refractivity contribution is 8.00. The average Bonchev–Trinajstić information content (AvgIpc) is 2.68. The first-order chi connectivity index (χ1) is 12.7. The van der Waals surface area contributed by atoms with Crippen LogP contribution in [0.5, 0.6) is 5.75 Å². The fourth-order valence-corrected chi connectivity index (χ4v) is 3.76. The highest BCUT2D eigenvalue weighted by atomic mass is 32.2. The van der Waals surface area contributed by atoms with Gasteiger partial charge in [0.05, 0.1) is 18.0 Å². The number of anilines is 1. The van der Waals surface area contributed by atoms with Crippen LogP contribution in [-0.2, 0) is 4.79 Å². The SMILES string of the molecule is CCOc1ccccc1N1CCN(C(=O)CSc2ccc(F)cc2)CC1. The van der Waals surface area contributed by atoms with Crippen LogP contribution in [0.25, 0.3) is 0 Å². The molecule has 0 spiro atoms. The molecule has 3 rings (SSSR count). The predicted molar refractivity (Wildman–Crippen MR) is 104 cm³/mol. The van der Waals surface area contributed by atoms with E-state index in [0.717, 1.165) is 29.4 Å². The Morgan fingerprint density at radius 3 is 2.46 bits per heavy atom. The monoisotopic (exact) mass is 374 g/mol. The lowest BCUT2D eigenvalue weighted by molar-refractivity contribution is -0.128. The molecule has 0 aromatic heterocycles. The predicted octanol–water partition coefficient (Wildman–Crippen LogP) is 3.67. The highest BCUT2D eigenvalue weighted by Gasteiger charge is 2.22. The number of nitrogens with zero attached hydrogens (tertiary/aromatic N) is 2. The van der Waals surface area contributed by atoms with E-state index in [-0.39, 0.29) is 11.7 Å². The second-order valence-electron chi connectivity index (χ2n) is 6.01. The molecule has 1 aliphatic heterocycles. The Labute approximate surface area is 157 Å². The summed E-state index contributed by atoms with van der Waals surface area (Å²) >= 11 is 1.45. The van der Waals surface area contributed by atoms with E-state index in [0.29, 0.717) is 25.4 Å². The van der Waals surface area contributed by atoms with Crippen molar-refractivity contribution in [1.82, 2.24) is 4.90 Å². The van der Waals surface area contributed by atoms with Gasteiger partial charge in [0.2, 0.25) is 5.91 Å². The van der Waals surface area contributed by atoms with Crippen LogP contribution in [0.4, 0.5) is 10.1 Å². The smallest absolute Gasteiger partial charge is 0.233 e. The Kier molecular flexibility index (Phi) is 6.39. The van der Waals surface area contributed by atoms with Crippen LogP contribution in [0.1, 0.15) is 6.92 Å². The van der Waals surface area contributed by atoms with Gasteiger partial charge in [-0.05, 0) is 43.3 Å². The molecule has 2 aromatic rings. The van der Waals surface area contributed by atoms with Crippen LogP contribution in [0.15, 0.2) is 53.4 Å². The van der Waals surface area contributed by atoms with E-state index < -0.39 is 0 Å². The summed E-state index contributed by atoms with van der Waals surface area (Å²) in [5, 5.41) is 0. The Morgan fingerprint density at radius 2 is 1.77 bits per heavy atom. The van der Waals surface area contributed by atoms with Crippen LogP contribution in [0.2, 0.25) is 0 Å². The summed E-state index contributed by atoms with van der Waals surface area (Å²) in [6.07, 6.45) is 0. The van der Waals surface area contributed by atoms with Crippen molar-refractivity contribution in [2.24, 2.45) is 0 Å².